The van der Waals surface area contributed by atoms with Gasteiger partial charge in [0.25, 0.3) is 0 Å². The number of hydrogen-bond donors (Lipinski definition) is 0. The Labute approximate surface area is 90.1 Å². The number of anilines is 1. The zero-order valence-electron chi connectivity index (χ0n) is 9.21. The molecule has 0 atom stereocenters. The molecular weight excluding hydrogens is 192 g/mol. The molecule has 3 heteroatoms. The summed E-state index contributed by atoms with van der Waals surface area (Å²) in [5, 5.41) is 1.41. The molecule has 0 aromatic carbocycles. The summed E-state index contributed by atoms with van der Waals surface area (Å²) in [6.45, 7) is 9.10. The number of aromatic nitrogens is 1. The van der Waals surface area contributed by atoms with Crippen LogP contribution < -0.4 is 4.90 Å². The van der Waals surface area contributed by atoms with Gasteiger partial charge in [0.1, 0.15) is 5.00 Å². The standard InChI is InChI=1S/C11H18N2S/c1-8(2)10-9(3)11(14-12-10)13-6-4-5-7-13/h8H,4-7H2,1-3H3. The van der Waals surface area contributed by atoms with Crippen LogP contribution in [0, 0.1) is 6.92 Å². The highest BCUT2D eigenvalue weighted by Gasteiger charge is 2.19. The van der Waals surface area contributed by atoms with Gasteiger partial charge < -0.3 is 4.90 Å². The van der Waals surface area contributed by atoms with Crippen molar-refractivity contribution in [3.8, 4) is 0 Å². The Morgan fingerprint density at radius 2 is 1.93 bits per heavy atom. The highest BCUT2D eigenvalue weighted by atomic mass is 32.1. The van der Waals surface area contributed by atoms with Crippen LogP contribution in [0.4, 0.5) is 5.00 Å². The van der Waals surface area contributed by atoms with E-state index < -0.39 is 0 Å². The Hall–Kier alpha value is -0.570. The molecule has 0 radical (unpaired) electrons. The molecule has 1 saturated heterocycles. The fraction of sp³-hybridized carbons (Fsp3) is 0.727. The predicted octanol–water partition coefficient (Wildman–Crippen LogP) is 3.18. The summed E-state index contributed by atoms with van der Waals surface area (Å²) in [6.07, 6.45) is 2.68. The third-order valence-electron chi connectivity index (χ3n) is 2.88. The molecule has 14 heavy (non-hydrogen) atoms. The average Bonchev–Trinajstić information content (AvgIpc) is 2.71. The zero-order valence-corrected chi connectivity index (χ0v) is 10.0. The van der Waals surface area contributed by atoms with Crippen molar-refractivity contribution in [3.63, 3.8) is 0 Å². The molecular formula is C11H18N2S. The van der Waals surface area contributed by atoms with Gasteiger partial charge in [-0.1, -0.05) is 13.8 Å². The van der Waals surface area contributed by atoms with Gasteiger partial charge in [-0.25, -0.2) is 0 Å². The maximum absolute atomic E-state index is 4.56. The van der Waals surface area contributed by atoms with E-state index in [0.717, 1.165) is 0 Å². The minimum Gasteiger partial charge on any atom is -0.362 e. The van der Waals surface area contributed by atoms with Crippen molar-refractivity contribution in [3.05, 3.63) is 11.3 Å². The van der Waals surface area contributed by atoms with Gasteiger partial charge in [0.05, 0.1) is 5.69 Å². The van der Waals surface area contributed by atoms with Crippen molar-refractivity contribution in [2.45, 2.75) is 39.5 Å². The van der Waals surface area contributed by atoms with E-state index in [1.807, 2.05) is 0 Å². The monoisotopic (exact) mass is 210 g/mol. The van der Waals surface area contributed by atoms with Crippen LogP contribution in [0.25, 0.3) is 0 Å². The van der Waals surface area contributed by atoms with Gasteiger partial charge in [-0.2, -0.15) is 4.37 Å². The molecule has 1 aliphatic heterocycles. The first-order valence-corrected chi connectivity index (χ1v) is 6.18. The summed E-state index contributed by atoms with van der Waals surface area (Å²) in [7, 11) is 0. The Morgan fingerprint density at radius 1 is 1.29 bits per heavy atom. The maximum Gasteiger partial charge on any atom is 0.115 e. The van der Waals surface area contributed by atoms with E-state index in [9.17, 15) is 0 Å². The van der Waals surface area contributed by atoms with Crippen molar-refractivity contribution in [1.29, 1.82) is 0 Å². The van der Waals surface area contributed by atoms with E-state index in [1.165, 1.54) is 42.2 Å². The SMILES string of the molecule is Cc1c(C(C)C)nsc1N1CCCC1. The summed E-state index contributed by atoms with van der Waals surface area (Å²) in [5.41, 5.74) is 2.70. The third kappa shape index (κ3) is 1.65. The summed E-state index contributed by atoms with van der Waals surface area (Å²) in [4.78, 5) is 2.48. The molecule has 78 valence electrons. The van der Waals surface area contributed by atoms with Crippen LogP contribution in [0.3, 0.4) is 0 Å². The van der Waals surface area contributed by atoms with Gasteiger partial charge in [0, 0.05) is 18.7 Å². The zero-order chi connectivity index (χ0) is 10.1. The lowest BCUT2D eigenvalue weighted by molar-refractivity contribution is 0.829. The summed E-state index contributed by atoms with van der Waals surface area (Å²) in [5.74, 6) is 0.558. The summed E-state index contributed by atoms with van der Waals surface area (Å²) in [6, 6.07) is 0. The second-order valence-electron chi connectivity index (χ2n) is 4.35. The molecule has 1 aliphatic rings. The quantitative estimate of drug-likeness (QED) is 0.745. The van der Waals surface area contributed by atoms with Crippen molar-refractivity contribution in [1.82, 2.24) is 4.37 Å². The fourth-order valence-electron chi connectivity index (χ4n) is 2.09. The number of nitrogens with zero attached hydrogens (tertiary/aromatic N) is 2. The van der Waals surface area contributed by atoms with E-state index in [2.05, 4.69) is 30.0 Å². The first kappa shape index (κ1) is 9.97. The molecule has 1 aromatic rings. The maximum atomic E-state index is 4.56. The minimum atomic E-state index is 0.558. The predicted molar refractivity (Wildman–Crippen MR) is 62.4 cm³/mol. The second-order valence-corrected chi connectivity index (χ2v) is 5.10. The molecule has 1 aromatic heterocycles. The molecule has 0 saturated carbocycles. The van der Waals surface area contributed by atoms with Crippen molar-refractivity contribution >= 4 is 16.5 Å². The van der Waals surface area contributed by atoms with Crippen LogP contribution in [0.1, 0.15) is 43.9 Å². The highest BCUT2D eigenvalue weighted by Crippen LogP contribution is 2.33. The van der Waals surface area contributed by atoms with Gasteiger partial charge in [0.15, 0.2) is 0 Å². The van der Waals surface area contributed by atoms with E-state index >= 15 is 0 Å². The van der Waals surface area contributed by atoms with Gasteiger partial charge in [-0.05, 0) is 37.2 Å². The van der Waals surface area contributed by atoms with Gasteiger partial charge in [-0.15, -0.1) is 0 Å². The molecule has 1 fully saturated rings. The van der Waals surface area contributed by atoms with Crippen LogP contribution in [0.2, 0.25) is 0 Å². The van der Waals surface area contributed by atoms with Crippen molar-refractivity contribution < 1.29 is 0 Å². The van der Waals surface area contributed by atoms with Crippen molar-refractivity contribution in [2.75, 3.05) is 18.0 Å². The topological polar surface area (TPSA) is 16.1 Å². The van der Waals surface area contributed by atoms with E-state index in [0.29, 0.717) is 5.92 Å². The largest absolute Gasteiger partial charge is 0.362 e. The smallest absolute Gasteiger partial charge is 0.115 e. The second kappa shape index (κ2) is 3.89. The number of rotatable bonds is 2. The molecule has 0 aliphatic carbocycles. The lowest BCUT2D eigenvalue weighted by Gasteiger charge is -2.15. The highest BCUT2D eigenvalue weighted by molar-refractivity contribution is 7.10. The van der Waals surface area contributed by atoms with Gasteiger partial charge >= 0.3 is 0 Å². The summed E-state index contributed by atoms with van der Waals surface area (Å²) < 4.78 is 4.56. The molecule has 0 N–H and O–H groups in total. The Morgan fingerprint density at radius 3 is 2.43 bits per heavy atom. The molecule has 0 unspecified atom stereocenters. The Balaban J connectivity index is 2.26. The third-order valence-corrected chi connectivity index (χ3v) is 3.90. The first-order chi connectivity index (χ1) is 6.70. The lowest BCUT2D eigenvalue weighted by atomic mass is 10.1. The minimum absolute atomic E-state index is 0.558. The lowest BCUT2D eigenvalue weighted by Crippen LogP contribution is -2.17. The first-order valence-electron chi connectivity index (χ1n) is 5.41. The Kier molecular flexibility index (Phi) is 2.77. The van der Waals surface area contributed by atoms with Crippen molar-refractivity contribution in [2.24, 2.45) is 0 Å². The summed E-state index contributed by atoms with van der Waals surface area (Å²) >= 11 is 1.68. The van der Waals surface area contributed by atoms with Crippen LogP contribution in [-0.2, 0) is 0 Å². The van der Waals surface area contributed by atoms with E-state index in [1.54, 1.807) is 11.5 Å². The van der Waals surface area contributed by atoms with E-state index in [-0.39, 0.29) is 0 Å². The van der Waals surface area contributed by atoms with Gasteiger partial charge in [0.2, 0.25) is 0 Å². The Bertz CT molecular complexity index is 311. The normalized spacial score (nSPS) is 17.0. The van der Waals surface area contributed by atoms with Crippen LogP contribution in [-0.4, -0.2) is 17.5 Å². The van der Waals surface area contributed by atoms with Crippen LogP contribution >= 0.6 is 11.5 Å². The van der Waals surface area contributed by atoms with Crippen LogP contribution in [0.5, 0.6) is 0 Å². The molecule has 0 amide bonds. The average molecular weight is 210 g/mol. The molecule has 2 nitrogen and oxygen atoms in total. The fourth-order valence-corrected chi connectivity index (χ4v) is 3.16. The van der Waals surface area contributed by atoms with Gasteiger partial charge in [-0.3, -0.25) is 0 Å². The van der Waals surface area contributed by atoms with E-state index in [4.69, 9.17) is 0 Å². The molecule has 2 heterocycles. The number of hydrogen-bond acceptors (Lipinski definition) is 3. The molecule has 2 rings (SSSR count). The van der Waals surface area contributed by atoms with Crippen LogP contribution in [0.15, 0.2) is 0 Å². The molecule has 0 bridgehead atoms. The molecule has 0 spiro atoms.